The molecule has 1 heterocycles. The minimum Gasteiger partial charge on any atom is -0.248 e. The molecule has 2 nitrogen and oxygen atoms in total. The van der Waals surface area contributed by atoms with Gasteiger partial charge in [0, 0.05) is 12.4 Å². The van der Waals surface area contributed by atoms with Gasteiger partial charge in [0.1, 0.15) is 0 Å². The maximum Gasteiger partial charge on any atom is 0.0550 e. The van der Waals surface area contributed by atoms with Crippen LogP contribution in [0.1, 0.15) is 5.56 Å². The fraction of sp³-hybridized carbons (Fsp3) is 0. The molecule has 0 spiro atoms. The zero-order valence-corrected chi connectivity index (χ0v) is 7.17. The summed E-state index contributed by atoms with van der Waals surface area (Å²) in [6, 6.07) is 13.9. The van der Waals surface area contributed by atoms with Gasteiger partial charge in [-0.05, 0) is 17.7 Å². The van der Waals surface area contributed by atoms with Crippen LogP contribution < -0.4 is 0 Å². The van der Waals surface area contributed by atoms with Crippen molar-refractivity contribution in [3.05, 3.63) is 60.4 Å². The first kappa shape index (κ1) is 7.80. The molecule has 0 aliphatic carbocycles. The van der Waals surface area contributed by atoms with E-state index in [0.717, 1.165) is 5.56 Å². The summed E-state index contributed by atoms with van der Waals surface area (Å²) in [5, 5.41) is 4.23. The Bertz CT molecular complexity index is 374. The van der Waals surface area contributed by atoms with E-state index in [1.165, 1.54) is 0 Å². The van der Waals surface area contributed by atoms with Gasteiger partial charge in [-0.25, -0.2) is 4.68 Å². The van der Waals surface area contributed by atoms with Crippen molar-refractivity contribution >= 4 is 6.21 Å². The van der Waals surface area contributed by atoms with Gasteiger partial charge in [0.15, 0.2) is 0 Å². The summed E-state index contributed by atoms with van der Waals surface area (Å²) in [6.45, 7) is 0. The Morgan fingerprint density at radius 2 is 1.62 bits per heavy atom. The fourth-order valence-electron chi connectivity index (χ4n) is 1.07. The van der Waals surface area contributed by atoms with Crippen molar-refractivity contribution in [3.8, 4) is 0 Å². The highest BCUT2D eigenvalue weighted by atomic mass is 15.3. The molecule has 0 N–H and O–H groups in total. The van der Waals surface area contributed by atoms with Crippen LogP contribution in [0.2, 0.25) is 0 Å². The Balaban J connectivity index is 2.15. The third-order valence-corrected chi connectivity index (χ3v) is 1.73. The SMILES string of the molecule is C(=N/n1cccc1)/c1ccccc1. The van der Waals surface area contributed by atoms with E-state index in [9.17, 15) is 0 Å². The molecule has 0 amide bonds. The van der Waals surface area contributed by atoms with Gasteiger partial charge < -0.3 is 0 Å². The number of nitrogens with zero attached hydrogens (tertiary/aromatic N) is 2. The second-order valence-electron chi connectivity index (χ2n) is 2.72. The van der Waals surface area contributed by atoms with Crippen molar-refractivity contribution in [2.75, 3.05) is 0 Å². The molecule has 2 heteroatoms. The second-order valence-corrected chi connectivity index (χ2v) is 2.72. The van der Waals surface area contributed by atoms with Gasteiger partial charge in [0.25, 0.3) is 0 Å². The third kappa shape index (κ3) is 2.06. The van der Waals surface area contributed by atoms with Crippen molar-refractivity contribution < 1.29 is 0 Å². The maximum atomic E-state index is 4.23. The highest BCUT2D eigenvalue weighted by Crippen LogP contribution is 1.95. The average Bonchev–Trinajstić information content (AvgIpc) is 2.69. The molecular formula is C11H10N2. The van der Waals surface area contributed by atoms with Gasteiger partial charge in [0.2, 0.25) is 0 Å². The van der Waals surface area contributed by atoms with Gasteiger partial charge in [-0.15, -0.1) is 0 Å². The molecular weight excluding hydrogens is 160 g/mol. The van der Waals surface area contributed by atoms with E-state index in [-0.39, 0.29) is 0 Å². The molecule has 0 bridgehead atoms. The Labute approximate surface area is 77.1 Å². The normalized spacial score (nSPS) is 10.8. The molecule has 1 aromatic carbocycles. The van der Waals surface area contributed by atoms with Gasteiger partial charge >= 0.3 is 0 Å². The zero-order valence-electron chi connectivity index (χ0n) is 7.17. The van der Waals surface area contributed by atoms with Crippen LogP contribution in [0.15, 0.2) is 60.0 Å². The standard InChI is InChI=1S/C11H10N2/c1-2-6-11(7-3-1)10-12-13-8-4-5-9-13/h1-10H/b12-10-. The average molecular weight is 170 g/mol. The first-order chi connectivity index (χ1) is 6.45. The van der Waals surface area contributed by atoms with E-state index in [4.69, 9.17) is 0 Å². The third-order valence-electron chi connectivity index (χ3n) is 1.73. The predicted molar refractivity (Wildman–Crippen MR) is 53.9 cm³/mol. The lowest BCUT2D eigenvalue weighted by Crippen LogP contribution is -1.85. The second kappa shape index (κ2) is 3.72. The summed E-state index contributed by atoms with van der Waals surface area (Å²) in [4.78, 5) is 0. The van der Waals surface area contributed by atoms with Crippen molar-refractivity contribution in [1.82, 2.24) is 4.68 Å². The topological polar surface area (TPSA) is 17.3 Å². The van der Waals surface area contributed by atoms with E-state index in [2.05, 4.69) is 5.10 Å². The fourth-order valence-corrected chi connectivity index (χ4v) is 1.07. The molecule has 0 fully saturated rings. The van der Waals surface area contributed by atoms with Crippen LogP contribution >= 0.6 is 0 Å². The van der Waals surface area contributed by atoms with Crippen LogP contribution in [-0.4, -0.2) is 10.9 Å². The molecule has 0 saturated heterocycles. The van der Waals surface area contributed by atoms with Gasteiger partial charge in [-0.3, -0.25) is 0 Å². The quantitative estimate of drug-likeness (QED) is 0.616. The van der Waals surface area contributed by atoms with E-state index < -0.39 is 0 Å². The van der Waals surface area contributed by atoms with Crippen LogP contribution in [0.4, 0.5) is 0 Å². The summed E-state index contributed by atoms with van der Waals surface area (Å²) >= 11 is 0. The molecule has 2 rings (SSSR count). The minimum atomic E-state index is 1.11. The molecule has 0 radical (unpaired) electrons. The number of hydrogen-bond acceptors (Lipinski definition) is 1. The van der Waals surface area contributed by atoms with Crippen molar-refractivity contribution in [2.24, 2.45) is 5.10 Å². The number of aromatic nitrogens is 1. The highest BCUT2D eigenvalue weighted by Gasteiger charge is 1.83. The predicted octanol–water partition coefficient (Wildman–Crippen LogP) is 2.37. The lowest BCUT2D eigenvalue weighted by Gasteiger charge is -1.92. The molecule has 0 atom stereocenters. The molecule has 0 aliphatic rings. The Morgan fingerprint density at radius 1 is 0.923 bits per heavy atom. The molecule has 0 unspecified atom stereocenters. The van der Waals surface area contributed by atoms with E-state index in [1.807, 2.05) is 61.1 Å². The van der Waals surface area contributed by atoms with Crippen LogP contribution in [0.5, 0.6) is 0 Å². The Hall–Kier alpha value is -1.83. The van der Waals surface area contributed by atoms with Crippen LogP contribution in [0, 0.1) is 0 Å². The molecule has 0 saturated carbocycles. The number of hydrogen-bond donors (Lipinski definition) is 0. The smallest absolute Gasteiger partial charge is 0.0550 e. The van der Waals surface area contributed by atoms with Gasteiger partial charge in [0.05, 0.1) is 6.21 Å². The summed E-state index contributed by atoms with van der Waals surface area (Å²) in [6.07, 6.45) is 5.64. The summed E-state index contributed by atoms with van der Waals surface area (Å²) in [5.41, 5.74) is 1.11. The van der Waals surface area contributed by atoms with Crippen molar-refractivity contribution in [2.45, 2.75) is 0 Å². The van der Waals surface area contributed by atoms with Gasteiger partial charge in [-0.2, -0.15) is 5.10 Å². The number of rotatable bonds is 2. The van der Waals surface area contributed by atoms with E-state index >= 15 is 0 Å². The first-order valence-corrected chi connectivity index (χ1v) is 4.17. The Morgan fingerprint density at radius 3 is 2.31 bits per heavy atom. The molecule has 2 aromatic rings. The summed E-state index contributed by atoms with van der Waals surface area (Å²) < 4.78 is 1.77. The molecule has 1 aromatic heterocycles. The lowest BCUT2D eigenvalue weighted by atomic mass is 10.2. The van der Waals surface area contributed by atoms with Gasteiger partial charge in [-0.1, -0.05) is 30.3 Å². The van der Waals surface area contributed by atoms with Crippen molar-refractivity contribution in [3.63, 3.8) is 0 Å². The minimum absolute atomic E-state index is 1.11. The monoisotopic (exact) mass is 170 g/mol. The highest BCUT2D eigenvalue weighted by molar-refractivity contribution is 5.79. The maximum absolute atomic E-state index is 4.23. The first-order valence-electron chi connectivity index (χ1n) is 4.17. The van der Waals surface area contributed by atoms with E-state index in [1.54, 1.807) is 4.68 Å². The Kier molecular flexibility index (Phi) is 2.23. The molecule has 13 heavy (non-hydrogen) atoms. The lowest BCUT2D eigenvalue weighted by molar-refractivity contribution is 0.894. The largest absolute Gasteiger partial charge is 0.248 e. The molecule has 0 aliphatic heterocycles. The van der Waals surface area contributed by atoms with Crippen LogP contribution in [-0.2, 0) is 0 Å². The number of benzene rings is 1. The molecule has 64 valence electrons. The van der Waals surface area contributed by atoms with Crippen molar-refractivity contribution in [1.29, 1.82) is 0 Å². The van der Waals surface area contributed by atoms with Crippen LogP contribution in [0.3, 0.4) is 0 Å². The van der Waals surface area contributed by atoms with Crippen LogP contribution in [0.25, 0.3) is 0 Å². The summed E-state index contributed by atoms with van der Waals surface area (Å²) in [5.74, 6) is 0. The zero-order chi connectivity index (χ0) is 8.93. The van der Waals surface area contributed by atoms with E-state index in [0.29, 0.717) is 0 Å². The summed E-state index contributed by atoms with van der Waals surface area (Å²) in [7, 11) is 0.